The van der Waals surface area contributed by atoms with Gasteiger partial charge in [-0.15, -0.1) is 6.58 Å². The molecule has 0 radical (unpaired) electrons. The van der Waals surface area contributed by atoms with E-state index < -0.39 is 29.9 Å². The van der Waals surface area contributed by atoms with Crippen molar-refractivity contribution in [1.29, 1.82) is 0 Å². The molecule has 3 N–H and O–H groups in total. The van der Waals surface area contributed by atoms with E-state index in [-0.39, 0.29) is 12.3 Å². The lowest BCUT2D eigenvalue weighted by atomic mass is 9.90. The predicted octanol–water partition coefficient (Wildman–Crippen LogP) is 3.24. The number of amides is 3. The molecule has 1 aromatic carbocycles. The standard InChI is InChI=1S/C20H28N2O5/c1-4-5-11-16(12-14(2)3)18(23)22(20(26)21-27)17(19(24)25)13-15-9-7-6-8-10-15/h4,6-10,14,16-17,27H,1,5,11-13H2,2-3H3,(H,21,26)(H,24,25)/t16?,17-/m0/s1. The van der Waals surface area contributed by atoms with E-state index in [1.165, 1.54) is 5.48 Å². The monoisotopic (exact) mass is 376 g/mol. The van der Waals surface area contributed by atoms with E-state index in [0.717, 1.165) is 0 Å². The third-order valence-corrected chi connectivity index (χ3v) is 4.24. The van der Waals surface area contributed by atoms with Crippen LogP contribution < -0.4 is 5.48 Å². The Morgan fingerprint density at radius 3 is 2.33 bits per heavy atom. The highest BCUT2D eigenvalue weighted by atomic mass is 16.5. The Balaban J connectivity index is 3.21. The number of hydrogen-bond donors (Lipinski definition) is 3. The van der Waals surface area contributed by atoms with Crippen LogP contribution in [-0.4, -0.2) is 39.2 Å². The summed E-state index contributed by atoms with van der Waals surface area (Å²) in [6.07, 6.45) is 3.14. The van der Waals surface area contributed by atoms with E-state index >= 15 is 0 Å². The van der Waals surface area contributed by atoms with Crippen molar-refractivity contribution < 1.29 is 24.7 Å². The van der Waals surface area contributed by atoms with E-state index in [0.29, 0.717) is 29.7 Å². The molecule has 0 fully saturated rings. The molecule has 0 aliphatic rings. The molecule has 1 unspecified atom stereocenters. The summed E-state index contributed by atoms with van der Waals surface area (Å²) in [5.74, 6) is -2.29. The number of urea groups is 1. The summed E-state index contributed by atoms with van der Waals surface area (Å²) in [4.78, 5) is 37.8. The summed E-state index contributed by atoms with van der Waals surface area (Å²) in [6.45, 7) is 7.54. The molecule has 3 amide bonds. The van der Waals surface area contributed by atoms with Crippen LogP contribution in [0, 0.1) is 11.8 Å². The Bertz CT molecular complexity index is 645. The Kier molecular flexibility index (Phi) is 9.22. The second-order valence-corrected chi connectivity index (χ2v) is 6.86. The third-order valence-electron chi connectivity index (χ3n) is 4.24. The van der Waals surface area contributed by atoms with Crippen LogP contribution in [0.3, 0.4) is 0 Å². The fourth-order valence-corrected chi connectivity index (χ4v) is 3.00. The second kappa shape index (κ2) is 11.1. The SMILES string of the molecule is C=CCCC(CC(C)C)C(=O)N(C(=O)NO)[C@@H](Cc1ccccc1)C(=O)O. The maximum absolute atomic E-state index is 13.1. The van der Waals surface area contributed by atoms with Crippen LogP contribution in [0.25, 0.3) is 0 Å². The number of imide groups is 1. The van der Waals surface area contributed by atoms with Crippen LogP contribution >= 0.6 is 0 Å². The number of carbonyl (C=O) groups is 3. The zero-order chi connectivity index (χ0) is 20.4. The lowest BCUT2D eigenvalue weighted by Crippen LogP contribution is -2.54. The summed E-state index contributed by atoms with van der Waals surface area (Å²) in [7, 11) is 0. The molecule has 7 heteroatoms. The first-order valence-corrected chi connectivity index (χ1v) is 8.96. The molecule has 0 aliphatic heterocycles. The molecular weight excluding hydrogens is 348 g/mol. The van der Waals surface area contributed by atoms with Gasteiger partial charge in [0.05, 0.1) is 0 Å². The van der Waals surface area contributed by atoms with Crippen LogP contribution in [-0.2, 0) is 16.0 Å². The largest absolute Gasteiger partial charge is 0.480 e. The summed E-state index contributed by atoms with van der Waals surface area (Å²) in [5, 5.41) is 18.8. The average Bonchev–Trinajstić information content (AvgIpc) is 2.64. The quantitative estimate of drug-likeness (QED) is 0.330. The Labute approximate surface area is 159 Å². The molecule has 7 nitrogen and oxygen atoms in total. The number of carboxylic acids is 1. The summed E-state index contributed by atoms with van der Waals surface area (Å²) >= 11 is 0. The Hall–Kier alpha value is -2.67. The number of rotatable bonds is 10. The van der Waals surface area contributed by atoms with E-state index in [4.69, 9.17) is 5.21 Å². The third kappa shape index (κ3) is 6.86. The van der Waals surface area contributed by atoms with Crippen molar-refractivity contribution in [3.05, 3.63) is 48.6 Å². The minimum absolute atomic E-state index is 0.0504. The molecule has 0 saturated heterocycles. The summed E-state index contributed by atoms with van der Waals surface area (Å²) in [6, 6.07) is 6.16. The number of allylic oxidation sites excluding steroid dienone is 1. The Morgan fingerprint density at radius 2 is 1.85 bits per heavy atom. The van der Waals surface area contributed by atoms with Crippen molar-refractivity contribution in [2.24, 2.45) is 11.8 Å². The lowest BCUT2D eigenvalue weighted by molar-refractivity contribution is -0.149. The zero-order valence-corrected chi connectivity index (χ0v) is 15.8. The van der Waals surface area contributed by atoms with Crippen molar-refractivity contribution in [1.82, 2.24) is 10.4 Å². The van der Waals surface area contributed by atoms with Gasteiger partial charge in [-0.1, -0.05) is 50.3 Å². The van der Waals surface area contributed by atoms with Crippen molar-refractivity contribution >= 4 is 17.9 Å². The van der Waals surface area contributed by atoms with Gasteiger partial charge >= 0.3 is 12.0 Å². The number of benzene rings is 1. The normalized spacial score (nSPS) is 12.9. The fourth-order valence-electron chi connectivity index (χ4n) is 3.00. The van der Waals surface area contributed by atoms with Crippen molar-refractivity contribution in [3.8, 4) is 0 Å². The van der Waals surface area contributed by atoms with Gasteiger partial charge in [-0.25, -0.2) is 20.0 Å². The van der Waals surface area contributed by atoms with Crippen LogP contribution in [0.4, 0.5) is 4.79 Å². The van der Waals surface area contributed by atoms with Gasteiger partial charge in [0, 0.05) is 12.3 Å². The van der Waals surface area contributed by atoms with Crippen LogP contribution in [0.15, 0.2) is 43.0 Å². The minimum atomic E-state index is -1.43. The van der Waals surface area contributed by atoms with Crippen LogP contribution in [0.1, 0.15) is 38.7 Å². The number of hydrogen-bond acceptors (Lipinski definition) is 4. The highest BCUT2D eigenvalue weighted by Crippen LogP contribution is 2.23. The van der Waals surface area contributed by atoms with Crippen molar-refractivity contribution in [3.63, 3.8) is 0 Å². The molecule has 0 spiro atoms. The number of carbonyl (C=O) groups excluding carboxylic acids is 2. The van der Waals surface area contributed by atoms with Crippen molar-refractivity contribution in [2.75, 3.05) is 0 Å². The van der Waals surface area contributed by atoms with E-state index in [1.807, 2.05) is 13.8 Å². The Morgan fingerprint density at radius 1 is 1.22 bits per heavy atom. The van der Waals surface area contributed by atoms with Gasteiger partial charge in [0.15, 0.2) is 0 Å². The summed E-state index contributed by atoms with van der Waals surface area (Å²) in [5.41, 5.74) is 2.08. The number of nitrogens with zero attached hydrogens (tertiary/aromatic N) is 1. The maximum atomic E-state index is 13.1. The van der Waals surface area contributed by atoms with Gasteiger partial charge in [-0.2, -0.15) is 0 Å². The molecule has 0 heterocycles. The lowest BCUT2D eigenvalue weighted by Gasteiger charge is -2.30. The van der Waals surface area contributed by atoms with Gasteiger partial charge < -0.3 is 5.11 Å². The average molecular weight is 376 g/mol. The van der Waals surface area contributed by atoms with Gasteiger partial charge in [0.2, 0.25) is 5.91 Å². The zero-order valence-electron chi connectivity index (χ0n) is 15.8. The molecule has 1 rings (SSSR count). The van der Waals surface area contributed by atoms with E-state index in [2.05, 4.69) is 6.58 Å². The molecule has 0 aliphatic carbocycles. The molecule has 2 atom stereocenters. The molecule has 0 bridgehead atoms. The highest BCUT2D eigenvalue weighted by molar-refractivity contribution is 5.99. The van der Waals surface area contributed by atoms with E-state index in [9.17, 15) is 19.5 Å². The number of nitrogens with one attached hydrogen (secondary N) is 1. The first-order chi connectivity index (χ1) is 12.8. The number of hydroxylamine groups is 1. The summed E-state index contributed by atoms with van der Waals surface area (Å²) < 4.78 is 0. The van der Waals surface area contributed by atoms with E-state index in [1.54, 1.807) is 36.4 Å². The minimum Gasteiger partial charge on any atom is -0.480 e. The molecule has 27 heavy (non-hydrogen) atoms. The van der Waals surface area contributed by atoms with Gasteiger partial charge in [-0.05, 0) is 30.7 Å². The molecule has 1 aromatic rings. The first-order valence-electron chi connectivity index (χ1n) is 8.96. The van der Waals surface area contributed by atoms with Crippen molar-refractivity contribution in [2.45, 2.75) is 45.6 Å². The van der Waals surface area contributed by atoms with Gasteiger partial charge in [0.1, 0.15) is 6.04 Å². The van der Waals surface area contributed by atoms with Gasteiger partial charge in [0.25, 0.3) is 0 Å². The van der Waals surface area contributed by atoms with Crippen LogP contribution in [0.5, 0.6) is 0 Å². The number of aliphatic carboxylic acids is 1. The van der Waals surface area contributed by atoms with Gasteiger partial charge in [-0.3, -0.25) is 10.0 Å². The highest BCUT2D eigenvalue weighted by Gasteiger charge is 2.38. The maximum Gasteiger partial charge on any atom is 0.348 e. The second-order valence-electron chi connectivity index (χ2n) is 6.86. The smallest absolute Gasteiger partial charge is 0.348 e. The first kappa shape index (κ1) is 22.4. The number of carboxylic acid groups (broad SMARTS) is 1. The molecule has 148 valence electrons. The molecule has 0 aromatic heterocycles. The predicted molar refractivity (Wildman–Crippen MR) is 101 cm³/mol. The molecule has 0 saturated carbocycles. The molecular formula is C20H28N2O5. The fraction of sp³-hybridized carbons (Fsp3) is 0.450. The topological polar surface area (TPSA) is 107 Å². The van der Waals surface area contributed by atoms with Crippen LogP contribution in [0.2, 0.25) is 0 Å².